The van der Waals surface area contributed by atoms with E-state index < -0.39 is 6.10 Å². The zero-order valence-corrected chi connectivity index (χ0v) is 8.74. The number of hydrogen-bond donors (Lipinski definition) is 1. The fraction of sp³-hybridized carbons (Fsp3) is 0.182. The predicted molar refractivity (Wildman–Crippen MR) is 56.9 cm³/mol. The van der Waals surface area contributed by atoms with Crippen molar-refractivity contribution in [3.63, 3.8) is 0 Å². The van der Waals surface area contributed by atoms with E-state index in [1.165, 1.54) is 19.5 Å². The van der Waals surface area contributed by atoms with E-state index in [-0.39, 0.29) is 0 Å². The van der Waals surface area contributed by atoms with E-state index in [0.717, 1.165) is 0 Å². The Morgan fingerprint density at radius 1 is 1.25 bits per heavy atom. The van der Waals surface area contributed by atoms with Gasteiger partial charge in [-0.2, -0.15) is 0 Å². The van der Waals surface area contributed by atoms with Gasteiger partial charge >= 0.3 is 0 Å². The number of aliphatic hydroxyl groups is 1. The number of rotatable bonds is 3. The molecule has 0 bridgehead atoms. The van der Waals surface area contributed by atoms with E-state index >= 15 is 0 Å². The topological polar surface area (TPSA) is 68.1 Å². The minimum absolute atomic E-state index is 0.389. The highest BCUT2D eigenvalue weighted by molar-refractivity contribution is 5.32. The molecule has 0 fully saturated rings. The van der Waals surface area contributed by atoms with Gasteiger partial charge in [-0.3, -0.25) is 9.97 Å². The molecule has 16 heavy (non-hydrogen) atoms. The van der Waals surface area contributed by atoms with Crippen LogP contribution in [0.2, 0.25) is 0 Å². The highest BCUT2D eigenvalue weighted by atomic mass is 16.5. The van der Waals surface area contributed by atoms with Crippen LogP contribution in [0, 0.1) is 0 Å². The highest BCUT2D eigenvalue weighted by Crippen LogP contribution is 2.25. The maximum atomic E-state index is 10.1. The number of aliphatic hydroxyl groups excluding tert-OH is 1. The molecule has 0 saturated heterocycles. The molecule has 2 rings (SSSR count). The van der Waals surface area contributed by atoms with E-state index in [1.54, 1.807) is 24.5 Å². The lowest BCUT2D eigenvalue weighted by Crippen LogP contribution is -2.05. The van der Waals surface area contributed by atoms with Gasteiger partial charge in [-0.1, -0.05) is 0 Å². The van der Waals surface area contributed by atoms with Crippen molar-refractivity contribution in [1.82, 2.24) is 15.0 Å². The van der Waals surface area contributed by atoms with Crippen LogP contribution in [-0.4, -0.2) is 27.2 Å². The molecule has 5 nitrogen and oxygen atoms in total. The third-order valence-corrected chi connectivity index (χ3v) is 2.15. The normalized spacial score (nSPS) is 12.1. The maximum absolute atomic E-state index is 10.1. The Kier molecular flexibility index (Phi) is 3.07. The number of ether oxygens (including phenoxy) is 1. The molecule has 1 N–H and O–H groups in total. The zero-order valence-electron chi connectivity index (χ0n) is 8.74. The second-order valence-electron chi connectivity index (χ2n) is 3.13. The smallest absolute Gasteiger partial charge is 0.219 e. The van der Waals surface area contributed by atoms with E-state index in [9.17, 15) is 5.11 Å². The Morgan fingerprint density at radius 2 is 2.12 bits per heavy atom. The average molecular weight is 217 g/mol. The predicted octanol–water partition coefficient (Wildman–Crippen LogP) is 0.962. The first-order valence-electron chi connectivity index (χ1n) is 4.76. The van der Waals surface area contributed by atoms with Gasteiger partial charge in [-0.25, -0.2) is 4.98 Å². The summed E-state index contributed by atoms with van der Waals surface area (Å²) < 4.78 is 5.07. The summed E-state index contributed by atoms with van der Waals surface area (Å²) >= 11 is 0. The van der Waals surface area contributed by atoms with Crippen LogP contribution in [0.15, 0.2) is 36.9 Å². The Morgan fingerprint density at radius 3 is 2.81 bits per heavy atom. The Balaban J connectivity index is 2.37. The molecule has 0 aliphatic carbocycles. The van der Waals surface area contributed by atoms with Gasteiger partial charge in [0.15, 0.2) is 0 Å². The van der Waals surface area contributed by atoms with Crippen molar-refractivity contribution in [2.75, 3.05) is 7.11 Å². The molecule has 2 aromatic rings. The number of methoxy groups -OCH3 is 1. The summed E-state index contributed by atoms with van der Waals surface area (Å²) in [6.07, 6.45) is 5.32. The van der Waals surface area contributed by atoms with Crippen LogP contribution >= 0.6 is 0 Å². The van der Waals surface area contributed by atoms with Crippen LogP contribution in [0.25, 0.3) is 0 Å². The third-order valence-electron chi connectivity index (χ3n) is 2.15. The molecule has 2 heterocycles. The van der Waals surface area contributed by atoms with Crippen LogP contribution in [0.1, 0.15) is 17.4 Å². The first-order valence-corrected chi connectivity index (χ1v) is 4.76. The van der Waals surface area contributed by atoms with Crippen LogP contribution in [-0.2, 0) is 0 Å². The van der Waals surface area contributed by atoms with E-state index in [0.29, 0.717) is 17.1 Å². The third kappa shape index (κ3) is 1.99. The van der Waals surface area contributed by atoms with Crippen molar-refractivity contribution >= 4 is 0 Å². The SMILES string of the molecule is COc1ncccc1C(O)c1cnccn1. The van der Waals surface area contributed by atoms with Crippen LogP contribution < -0.4 is 4.74 Å². The highest BCUT2D eigenvalue weighted by Gasteiger charge is 2.16. The summed E-state index contributed by atoms with van der Waals surface area (Å²) in [5.41, 5.74) is 1.04. The van der Waals surface area contributed by atoms with Gasteiger partial charge < -0.3 is 9.84 Å². The van der Waals surface area contributed by atoms with Crippen molar-refractivity contribution in [3.8, 4) is 5.88 Å². The molecule has 0 aliphatic rings. The van der Waals surface area contributed by atoms with Crippen molar-refractivity contribution in [2.24, 2.45) is 0 Å². The van der Waals surface area contributed by atoms with Gasteiger partial charge in [-0.05, 0) is 12.1 Å². The quantitative estimate of drug-likeness (QED) is 0.829. The molecular formula is C11H11N3O2. The monoisotopic (exact) mass is 217 g/mol. The summed E-state index contributed by atoms with van der Waals surface area (Å²) in [5.74, 6) is 0.389. The molecule has 0 spiro atoms. The molecule has 0 saturated carbocycles. The lowest BCUT2D eigenvalue weighted by Gasteiger charge is -2.12. The molecule has 5 heteroatoms. The largest absolute Gasteiger partial charge is 0.481 e. The first kappa shape index (κ1) is 10.5. The lowest BCUT2D eigenvalue weighted by molar-refractivity contribution is 0.208. The summed E-state index contributed by atoms with van der Waals surface area (Å²) in [7, 11) is 1.51. The Labute approximate surface area is 92.8 Å². The lowest BCUT2D eigenvalue weighted by atomic mass is 10.1. The van der Waals surface area contributed by atoms with Gasteiger partial charge in [0.1, 0.15) is 6.10 Å². The molecule has 0 aromatic carbocycles. The standard InChI is InChI=1S/C11H11N3O2/c1-16-11-8(3-2-4-14-11)10(15)9-7-12-5-6-13-9/h2-7,10,15H,1H3. The van der Waals surface area contributed by atoms with E-state index in [1.807, 2.05) is 0 Å². The van der Waals surface area contributed by atoms with Gasteiger partial charge in [-0.15, -0.1) is 0 Å². The molecular weight excluding hydrogens is 206 g/mol. The Hall–Kier alpha value is -2.01. The molecule has 2 aromatic heterocycles. The van der Waals surface area contributed by atoms with Crippen LogP contribution in [0.5, 0.6) is 5.88 Å². The van der Waals surface area contributed by atoms with Gasteiger partial charge in [0.25, 0.3) is 0 Å². The number of pyridine rings is 1. The van der Waals surface area contributed by atoms with Crippen molar-refractivity contribution in [2.45, 2.75) is 6.10 Å². The fourth-order valence-electron chi connectivity index (χ4n) is 1.39. The van der Waals surface area contributed by atoms with Gasteiger partial charge in [0, 0.05) is 24.2 Å². The fourth-order valence-corrected chi connectivity index (χ4v) is 1.39. The average Bonchev–Trinajstić information content (AvgIpc) is 2.39. The molecule has 1 atom stereocenters. The minimum atomic E-state index is -0.877. The molecule has 1 unspecified atom stereocenters. The summed E-state index contributed by atoms with van der Waals surface area (Å²) in [6.45, 7) is 0. The number of nitrogens with zero attached hydrogens (tertiary/aromatic N) is 3. The first-order chi connectivity index (χ1) is 7.83. The Bertz CT molecular complexity index is 462. The summed E-state index contributed by atoms with van der Waals surface area (Å²) in [5, 5.41) is 10.1. The molecule has 0 amide bonds. The number of aromatic nitrogens is 3. The van der Waals surface area contributed by atoms with Crippen molar-refractivity contribution in [3.05, 3.63) is 48.2 Å². The summed E-state index contributed by atoms with van der Waals surface area (Å²) in [4.78, 5) is 12.0. The maximum Gasteiger partial charge on any atom is 0.219 e. The van der Waals surface area contributed by atoms with Gasteiger partial charge in [0.2, 0.25) is 5.88 Å². The summed E-state index contributed by atoms with van der Waals surface area (Å²) in [6, 6.07) is 3.47. The zero-order chi connectivity index (χ0) is 11.4. The molecule has 0 radical (unpaired) electrons. The van der Waals surface area contributed by atoms with Crippen LogP contribution in [0.4, 0.5) is 0 Å². The molecule has 0 aliphatic heterocycles. The number of hydrogen-bond acceptors (Lipinski definition) is 5. The van der Waals surface area contributed by atoms with E-state index in [4.69, 9.17) is 4.74 Å². The molecule has 82 valence electrons. The minimum Gasteiger partial charge on any atom is -0.481 e. The van der Waals surface area contributed by atoms with Crippen molar-refractivity contribution < 1.29 is 9.84 Å². The van der Waals surface area contributed by atoms with Crippen molar-refractivity contribution in [1.29, 1.82) is 0 Å². The van der Waals surface area contributed by atoms with Crippen LogP contribution in [0.3, 0.4) is 0 Å². The van der Waals surface area contributed by atoms with E-state index in [2.05, 4.69) is 15.0 Å². The second kappa shape index (κ2) is 4.67. The second-order valence-corrected chi connectivity index (χ2v) is 3.13. The van der Waals surface area contributed by atoms with Gasteiger partial charge in [0.05, 0.1) is 19.0 Å².